The van der Waals surface area contributed by atoms with Gasteiger partial charge in [-0.3, -0.25) is 4.79 Å². The molecule has 1 amide bonds. The Morgan fingerprint density at radius 2 is 2.00 bits per heavy atom. The van der Waals surface area contributed by atoms with Gasteiger partial charge in [0.1, 0.15) is 0 Å². The fourth-order valence-electron chi connectivity index (χ4n) is 2.42. The molecule has 4 rings (SSSR count). The molecule has 0 saturated heterocycles. The molecule has 1 N–H and O–H groups in total. The van der Waals surface area contributed by atoms with E-state index in [1.54, 1.807) is 52.9 Å². The predicted octanol–water partition coefficient (Wildman–Crippen LogP) is 3.33. The molecule has 0 spiro atoms. The minimum absolute atomic E-state index is 0.153. The molecule has 0 saturated carbocycles. The molecule has 3 aromatic heterocycles. The van der Waals surface area contributed by atoms with Crippen LogP contribution in [0.1, 0.15) is 21.4 Å². The number of rotatable bonds is 5. The summed E-state index contributed by atoms with van der Waals surface area (Å²) < 4.78 is 43.6. The highest BCUT2D eigenvalue weighted by molar-refractivity contribution is 7.11. The van der Waals surface area contributed by atoms with Gasteiger partial charge in [-0.25, -0.2) is 9.97 Å². The third-order valence-corrected chi connectivity index (χ3v) is 4.56. The average Bonchev–Trinajstić information content (AvgIpc) is 3.47. The number of benzene rings is 1. The lowest BCUT2D eigenvalue weighted by Gasteiger charge is -2.03. The quantitative estimate of drug-likeness (QED) is 0.532. The molecule has 0 unspecified atom stereocenters. The van der Waals surface area contributed by atoms with Gasteiger partial charge in [0.25, 0.3) is 5.91 Å². The molecule has 8 nitrogen and oxygen atoms in total. The Kier molecular flexibility index (Phi) is 4.84. The summed E-state index contributed by atoms with van der Waals surface area (Å²) in [5.41, 5.74) is 1.73. The first-order valence-electron chi connectivity index (χ1n) is 8.12. The third-order valence-electron chi connectivity index (χ3n) is 3.78. The van der Waals surface area contributed by atoms with Crippen molar-refractivity contribution in [2.45, 2.75) is 12.7 Å². The summed E-state index contributed by atoms with van der Waals surface area (Å²) in [5.74, 6) is -1.83. The van der Waals surface area contributed by atoms with Crippen LogP contribution in [-0.2, 0) is 12.7 Å². The van der Waals surface area contributed by atoms with E-state index in [-0.39, 0.29) is 18.3 Å². The highest BCUT2D eigenvalue weighted by atomic mass is 32.1. The van der Waals surface area contributed by atoms with Gasteiger partial charge in [0.2, 0.25) is 5.82 Å². The Labute approximate surface area is 165 Å². The van der Waals surface area contributed by atoms with Crippen LogP contribution in [0.15, 0.2) is 52.9 Å². The highest BCUT2D eigenvalue weighted by Crippen LogP contribution is 2.29. The summed E-state index contributed by atoms with van der Waals surface area (Å²) in [6.07, 6.45) is 0.160. The molecule has 0 bridgehead atoms. The zero-order chi connectivity index (χ0) is 20.4. The molecule has 4 aromatic rings. The summed E-state index contributed by atoms with van der Waals surface area (Å²) in [7, 11) is 0. The van der Waals surface area contributed by atoms with Crippen molar-refractivity contribution in [1.29, 1.82) is 0 Å². The smallest absolute Gasteiger partial charge is 0.344 e. The fourth-order valence-corrected chi connectivity index (χ4v) is 2.97. The van der Waals surface area contributed by atoms with Gasteiger partial charge in [-0.2, -0.15) is 18.2 Å². The number of amides is 1. The highest BCUT2D eigenvalue weighted by Gasteiger charge is 2.38. The Morgan fingerprint density at radius 3 is 2.66 bits per heavy atom. The maximum absolute atomic E-state index is 12.6. The number of thiazole rings is 1. The molecule has 148 valence electrons. The van der Waals surface area contributed by atoms with Gasteiger partial charge in [0.15, 0.2) is 5.01 Å². The van der Waals surface area contributed by atoms with Crippen molar-refractivity contribution in [3.8, 4) is 17.1 Å². The van der Waals surface area contributed by atoms with Crippen LogP contribution in [0.25, 0.3) is 17.1 Å². The third kappa shape index (κ3) is 4.16. The standard InChI is InChI=1S/C17H11F3N6O2S/c18-17(19,20)16-24-13(25-28-16)10-1-3-12(4-2-10)26-8-11(23-9-26)7-22-14(27)15-21-5-6-29-15/h1-6,8-9H,7H2,(H,22,27). The van der Waals surface area contributed by atoms with Crippen molar-refractivity contribution < 1.29 is 22.5 Å². The van der Waals surface area contributed by atoms with Crippen LogP contribution in [0.5, 0.6) is 0 Å². The van der Waals surface area contributed by atoms with E-state index in [9.17, 15) is 18.0 Å². The first-order chi connectivity index (χ1) is 13.9. The van der Waals surface area contributed by atoms with Gasteiger partial charge in [0.05, 0.1) is 18.6 Å². The van der Waals surface area contributed by atoms with E-state index >= 15 is 0 Å². The lowest BCUT2D eigenvalue weighted by atomic mass is 10.2. The van der Waals surface area contributed by atoms with Gasteiger partial charge in [-0.15, -0.1) is 11.3 Å². The lowest BCUT2D eigenvalue weighted by molar-refractivity contribution is -0.159. The summed E-state index contributed by atoms with van der Waals surface area (Å²) in [4.78, 5) is 23.4. The minimum Gasteiger partial charge on any atom is -0.344 e. The Balaban J connectivity index is 1.43. The summed E-state index contributed by atoms with van der Waals surface area (Å²) in [6, 6.07) is 6.51. The molecule has 0 aliphatic heterocycles. The first kappa shape index (κ1) is 18.8. The molecule has 0 fully saturated rings. The molecule has 12 heteroatoms. The molecule has 1 aromatic carbocycles. The predicted molar refractivity (Wildman–Crippen MR) is 95.1 cm³/mol. The van der Waals surface area contributed by atoms with Gasteiger partial charge >= 0.3 is 12.1 Å². The normalized spacial score (nSPS) is 11.6. The lowest BCUT2D eigenvalue weighted by Crippen LogP contribution is -2.22. The number of halogens is 3. The second kappa shape index (κ2) is 7.47. The van der Waals surface area contributed by atoms with Crippen molar-refractivity contribution in [3.05, 3.63) is 65.0 Å². The number of hydrogen-bond acceptors (Lipinski definition) is 7. The van der Waals surface area contributed by atoms with Gasteiger partial charge < -0.3 is 14.4 Å². The second-order valence-corrected chi connectivity index (χ2v) is 6.65. The minimum atomic E-state index is -4.69. The number of alkyl halides is 3. The van der Waals surface area contributed by atoms with Gasteiger partial charge in [-0.05, 0) is 24.3 Å². The van der Waals surface area contributed by atoms with Crippen molar-refractivity contribution in [1.82, 2.24) is 30.0 Å². The summed E-state index contributed by atoms with van der Waals surface area (Å²) in [5, 5.41) is 8.16. The summed E-state index contributed by atoms with van der Waals surface area (Å²) >= 11 is 1.24. The number of imidazole rings is 1. The van der Waals surface area contributed by atoms with E-state index in [0.29, 0.717) is 16.3 Å². The van der Waals surface area contributed by atoms with Crippen molar-refractivity contribution >= 4 is 17.2 Å². The number of nitrogens with zero attached hydrogens (tertiary/aromatic N) is 5. The van der Waals surface area contributed by atoms with E-state index in [1.165, 1.54) is 11.3 Å². The maximum Gasteiger partial charge on any atom is 0.471 e. The van der Waals surface area contributed by atoms with Crippen LogP contribution in [0.3, 0.4) is 0 Å². The van der Waals surface area contributed by atoms with E-state index in [0.717, 1.165) is 5.69 Å². The zero-order valence-corrected chi connectivity index (χ0v) is 15.2. The monoisotopic (exact) mass is 420 g/mol. The number of carbonyl (C=O) groups excluding carboxylic acids is 1. The van der Waals surface area contributed by atoms with E-state index in [4.69, 9.17) is 0 Å². The van der Waals surface area contributed by atoms with Crippen LogP contribution in [0.2, 0.25) is 0 Å². The van der Waals surface area contributed by atoms with Crippen molar-refractivity contribution in [2.24, 2.45) is 0 Å². The maximum atomic E-state index is 12.6. The Morgan fingerprint density at radius 1 is 1.21 bits per heavy atom. The summed E-state index contributed by atoms with van der Waals surface area (Å²) in [6.45, 7) is 0.229. The molecule has 0 radical (unpaired) electrons. The van der Waals surface area contributed by atoms with Crippen LogP contribution < -0.4 is 5.32 Å². The fraction of sp³-hybridized carbons (Fsp3) is 0.118. The average molecular weight is 420 g/mol. The Bertz CT molecular complexity index is 1120. The SMILES string of the molecule is O=C(NCc1cn(-c2ccc(-c3noc(C(F)(F)F)n3)cc2)cn1)c1nccs1. The van der Waals surface area contributed by atoms with Crippen LogP contribution in [0.4, 0.5) is 13.2 Å². The van der Waals surface area contributed by atoms with Gasteiger partial charge in [0, 0.05) is 29.0 Å². The number of aromatic nitrogens is 5. The van der Waals surface area contributed by atoms with E-state index in [2.05, 4.69) is 29.9 Å². The first-order valence-corrected chi connectivity index (χ1v) is 9.00. The molecular weight excluding hydrogens is 409 g/mol. The van der Waals surface area contributed by atoms with E-state index in [1.807, 2.05) is 0 Å². The topological polar surface area (TPSA) is 98.7 Å². The molecule has 0 atom stereocenters. The van der Waals surface area contributed by atoms with Crippen molar-refractivity contribution in [3.63, 3.8) is 0 Å². The second-order valence-electron chi connectivity index (χ2n) is 5.76. The molecule has 29 heavy (non-hydrogen) atoms. The van der Waals surface area contributed by atoms with Crippen LogP contribution in [-0.4, -0.2) is 30.6 Å². The largest absolute Gasteiger partial charge is 0.471 e. The number of hydrogen-bond donors (Lipinski definition) is 1. The molecule has 0 aliphatic rings. The Hall–Kier alpha value is -3.54. The van der Waals surface area contributed by atoms with E-state index < -0.39 is 12.1 Å². The molecular formula is C17H11F3N6O2S. The number of nitrogens with one attached hydrogen (secondary N) is 1. The molecule has 3 heterocycles. The van der Waals surface area contributed by atoms with Crippen molar-refractivity contribution in [2.75, 3.05) is 0 Å². The van der Waals surface area contributed by atoms with Gasteiger partial charge in [-0.1, -0.05) is 5.16 Å². The van der Waals surface area contributed by atoms with Crippen LogP contribution >= 0.6 is 11.3 Å². The van der Waals surface area contributed by atoms with Crippen LogP contribution in [0, 0.1) is 0 Å². The zero-order valence-electron chi connectivity index (χ0n) is 14.4. The number of carbonyl (C=O) groups is 1. The molecule has 0 aliphatic carbocycles.